The van der Waals surface area contributed by atoms with Crippen LogP contribution in [0.3, 0.4) is 0 Å². The number of hydrogen-bond acceptors (Lipinski definition) is 4. The monoisotopic (exact) mass is 302 g/mol. The minimum Gasteiger partial charge on any atom is -0.324 e. The first-order chi connectivity index (χ1) is 8.02. The second kappa shape index (κ2) is 7.18. The molecule has 110 valence electrons. The highest BCUT2D eigenvalue weighted by molar-refractivity contribution is 7.64. The van der Waals surface area contributed by atoms with E-state index in [1.807, 2.05) is 6.92 Å². The molecule has 0 aromatic carbocycles. The zero-order valence-electron chi connectivity index (χ0n) is 11.5. The van der Waals surface area contributed by atoms with Crippen molar-refractivity contribution in [1.82, 2.24) is 0 Å². The van der Waals surface area contributed by atoms with Crippen LogP contribution in [0.1, 0.15) is 53.4 Å². The van der Waals surface area contributed by atoms with Crippen molar-refractivity contribution in [2.75, 3.05) is 6.61 Å². The predicted octanol–water partition coefficient (Wildman–Crippen LogP) is 3.68. The Balaban J connectivity index is 4.24. The minimum absolute atomic E-state index is 0.0396. The van der Waals surface area contributed by atoms with Crippen molar-refractivity contribution in [1.29, 1.82) is 0 Å². The Hall–Kier alpha value is 0.300. The number of rotatable bonds is 8. The minimum atomic E-state index is -4.47. The Morgan fingerprint density at radius 1 is 1.06 bits per heavy atom. The highest BCUT2D eigenvalue weighted by Crippen LogP contribution is 2.65. The molecule has 0 saturated carbocycles. The lowest BCUT2D eigenvalue weighted by atomic mass is 10.2. The van der Waals surface area contributed by atoms with Crippen LogP contribution in [0.2, 0.25) is 0 Å². The molecule has 0 heterocycles. The smallest absolute Gasteiger partial charge is 0.324 e. The van der Waals surface area contributed by atoms with Crippen LogP contribution in [0.15, 0.2) is 0 Å². The lowest BCUT2D eigenvalue weighted by Crippen LogP contribution is -2.16. The standard InChI is InChI=1S/C10H24O6P2/c1-5-6-7-8-9-15-18(13,14)16-17(11,12)10(2,3)4/h5-9H2,1-4H3,(H,11,12)(H,13,14). The summed E-state index contributed by atoms with van der Waals surface area (Å²) in [6, 6.07) is 0. The third-order valence-corrected chi connectivity index (χ3v) is 6.23. The van der Waals surface area contributed by atoms with Gasteiger partial charge in [0, 0.05) is 0 Å². The third kappa shape index (κ3) is 7.03. The van der Waals surface area contributed by atoms with E-state index in [0.717, 1.165) is 19.3 Å². The van der Waals surface area contributed by atoms with Gasteiger partial charge in [0.15, 0.2) is 0 Å². The molecule has 0 aliphatic heterocycles. The third-order valence-electron chi connectivity index (χ3n) is 2.31. The molecule has 0 aromatic heterocycles. The molecule has 2 N–H and O–H groups in total. The zero-order chi connectivity index (χ0) is 14.4. The highest BCUT2D eigenvalue weighted by Gasteiger charge is 2.43. The second-order valence-corrected chi connectivity index (χ2v) is 9.37. The van der Waals surface area contributed by atoms with Gasteiger partial charge in [-0.05, 0) is 27.2 Å². The Morgan fingerprint density at radius 3 is 2.06 bits per heavy atom. The van der Waals surface area contributed by atoms with Gasteiger partial charge in [0.1, 0.15) is 0 Å². The van der Waals surface area contributed by atoms with E-state index in [1.54, 1.807) is 0 Å². The fourth-order valence-corrected chi connectivity index (χ4v) is 3.64. The Morgan fingerprint density at radius 2 is 1.61 bits per heavy atom. The van der Waals surface area contributed by atoms with Crippen LogP contribution < -0.4 is 0 Å². The summed E-state index contributed by atoms with van der Waals surface area (Å²) in [7, 11) is -8.67. The van der Waals surface area contributed by atoms with Gasteiger partial charge in [-0.3, -0.25) is 9.09 Å². The second-order valence-electron chi connectivity index (χ2n) is 5.14. The Labute approximate surface area is 109 Å². The summed E-state index contributed by atoms with van der Waals surface area (Å²) in [6.45, 7) is 6.45. The van der Waals surface area contributed by atoms with Crippen LogP contribution in [0.4, 0.5) is 0 Å². The van der Waals surface area contributed by atoms with Crippen molar-refractivity contribution < 1.29 is 27.8 Å². The number of unbranched alkanes of at least 4 members (excludes halogenated alkanes) is 3. The van der Waals surface area contributed by atoms with E-state index in [4.69, 9.17) is 0 Å². The van der Waals surface area contributed by atoms with E-state index in [9.17, 15) is 18.9 Å². The maximum atomic E-state index is 11.7. The molecule has 2 atom stereocenters. The fourth-order valence-electron chi connectivity index (χ4n) is 0.995. The molecule has 0 aliphatic rings. The molecular weight excluding hydrogens is 278 g/mol. The normalized spacial score (nSPS) is 19.2. The molecule has 0 spiro atoms. The van der Waals surface area contributed by atoms with Crippen LogP contribution in [0, 0.1) is 0 Å². The van der Waals surface area contributed by atoms with E-state index >= 15 is 0 Å². The predicted molar refractivity (Wildman–Crippen MR) is 70.6 cm³/mol. The van der Waals surface area contributed by atoms with Crippen LogP contribution >= 0.6 is 15.4 Å². The summed E-state index contributed by atoms with van der Waals surface area (Å²) in [6.07, 6.45) is 3.56. The molecule has 0 saturated heterocycles. The van der Waals surface area contributed by atoms with Gasteiger partial charge in [-0.15, -0.1) is 0 Å². The van der Waals surface area contributed by atoms with Crippen molar-refractivity contribution in [2.24, 2.45) is 0 Å². The van der Waals surface area contributed by atoms with Gasteiger partial charge in [0.2, 0.25) is 0 Å². The van der Waals surface area contributed by atoms with Crippen molar-refractivity contribution in [3.63, 3.8) is 0 Å². The summed E-state index contributed by atoms with van der Waals surface area (Å²) < 4.78 is 32.3. The average molecular weight is 302 g/mol. The molecule has 2 unspecified atom stereocenters. The van der Waals surface area contributed by atoms with E-state index in [0.29, 0.717) is 6.42 Å². The number of phosphoric ester groups is 1. The summed E-state index contributed by atoms with van der Waals surface area (Å²) in [4.78, 5) is 18.9. The van der Waals surface area contributed by atoms with E-state index < -0.39 is 20.6 Å². The summed E-state index contributed by atoms with van der Waals surface area (Å²) in [5.74, 6) is 0. The van der Waals surface area contributed by atoms with Gasteiger partial charge in [-0.1, -0.05) is 26.2 Å². The first kappa shape index (κ1) is 18.3. The maximum absolute atomic E-state index is 11.7. The molecule has 0 amide bonds. The van der Waals surface area contributed by atoms with E-state index in [1.165, 1.54) is 20.8 Å². The van der Waals surface area contributed by atoms with Crippen LogP contribution in [0.5, 0.6) is 0 Å². The summed E-state index contributed by atoms with van der Waals surface area (Å²) in [5, 5.41) is -1.13. The van der Waals surface area contributed by atoms with Gasteiger partial charge >= 0.3 is 15.4 Å². The molecule has 0 bridgehead atoms. The number of phosphoric acid groups is 1. The summed E-state index contributed by atoms with van der Waals surface area (Å²) in [5.41, 5.74) is 0. The molecule has 8 heteroatoms. The van der Waals surface area contributed by atoms with Crippen molar-refractivity contribution in [3.05, 3.63) is 0 Å². The first-order valence-corrected chi connectivity index (χ1v) is 9.11. The molecule has 0 rings (SSSR count). The Bertz CT molecular complexity index is 336. The maximum Gasteiger partial charge on any atom is 0.479 e. The van der Waals surface area contributed by atoms with Crippen molar-refractivity contribution in [2.45, 2.75) is 58.5 Å². The number of hydrogen-bond donors (Lipinski definition) is 2. The fraction of sp³-hybridized carbons (Fsp3) is 1.00. The SMILES string of the molecule is CCCCCCOP(=O)(O)OP(=O)(O)C(C)(C)C. The lowest BCUT2D eigenvalue weighted by Gasteiger charge is -2.26. The van der Waals surface area contributed by atoms with Gasteiger partial charge in [0.05, 0.1) is 11.8 Å². The van der Waals surface area contributed by atoms with Crippen LogP contribution in [0.25, 0.3) is 0 Å². The van der Waals surface area contributed by atoms with E-state index in [-0.39, 0.29) is 6.61 Å². The molecule has 0 aromatic rings. The van der Waals surface area contributed by atoms with Crippen molar-refractivity contribution >= 4 is 15.4 Å². The molecule has 18 heavy (non-hydrogen) atoms. The Kier molecular flexibility index (Phi) is 7.30. The van der Waals surface area contributed by atoms with Crippen LogP contribution in [-0.4, -0.2) is 21.5 Å². The average Bonchev–Trinajstić information content (AvgIpc) is 2.13. The quantitative estimate of drug-likeness (QED) is 0.524. The molecule has 0 fully saturated rings. The van der Waals surface area contributed by atoms with E-state index in [2.05, 4.69) is 8.83 Å². The van der Waals surface area contributed by atoms with Gasteiger partial charge in [-0.25, -0.2) is 8.88 Å². The van der Waals surface area contributed by atoms with Gasteiger partial charge in [-0.2, -0.15) is 0 Å². The first-order valence-electron chi connectivity index (χ1n) is 6.03. The lowest BCUT2D eigenvalue weighted by molar-refractivity contribution is 0.188. The van der Waals surface area contributed by atoms with Crippen molar-refractivity contribution in [3.8, 4) is 0 Å². The van der Waals surface area contributed by atoms with Gasteiger partial charge < -0.3 is 9.79 Å². The highest BCUT2D eigenvalue weighted by atomic mass is 31.3. The molecule has 0 aliphatic carbocycles. The topological polar surface area (TPSA) is 93.1 Å². The van der Waals surface area contributed by atoms with Crippen LogP contribution in [-0.2, 0) is 18.0 Å². The molecule has 0 radical (unpaired) electrons. The largest absolute Gasteiger partial charge is 0.479 e. The zero-order valence-corrected chi connectivity index (χ0v) is 13.2. The summed E-state index contributed by atoms with van der Waals surface area (Å²) >= 11 is 0. The van der Waals surface area contributed by atoms with Gasteiger partial charge in [0.25, 0.3) is 0 Å². The molecular formula is C10H24O6P2. The molecule has 6 nitrogen and oxygen atoms in total.